The van der Waals surface area contributed by atoms with Gasteiger partial charge >= 0.3 is 0 Å². The molecule has 1 aromatic carbocycles. The molecule has 1 aromatic rings. The Morgan fingerprint density at radius 1 is 1.00 bits per heavy atom. The number of benzene rings is 1. The van der Waals surface area contributed by atoms with E-state index in [4.69, 9.17) is 4.74 Å². The number of carbonyl (C=O) groups excluding carboxylic acids is 1. The average molecular weight is 425 g/mol. The molecule has 1 amide bonds. The smallest absolute Gasteiger partial charge is 0.220 e. The summed E-state index contributed by atoms with van der Waals surface area (Å²) in [6.07, 6.45) is 14.6. The number of nitrogens with zero attached hydrogens (tertiary/aromatic N) is 1. The van der Waals surface area contributed by atoms with Crippen LogP contribution >= 0.6 is 0 Å². The molecule has 0 radical (unpaired) electrons. The monoisotopic (exact) mass is 424 g/mol. The zero-order valence-corrected chi connectivity index (χ0v) is 19.1. The van der Waals surface area contributed by atoms with Crippen LogP contribution in [0.2, 0.25) is 0 Å². The predicted octanol–water partition coefficient (Wildman–Crippen LogP) is 5.06. The first-order valence-corrected chi connectivity index (χ1v) is 13.0. The van der Waals surface area contributed by atoms with Gasteiger partial charge < -0.3 is 15.0 Å². The summed E-state index contributed by atoms with van der Waals surface area (Å²) in [4.78, 5) is 14.9. The number of hydrogen-bond donors (Lipinski definition) is 1. The summed E-state index contributed by atoms with van der Waals surface area (Å²) in [6.45, 7) is 4.59. The molecule has 4 aliphatic rings. The van der Waals surface area contributed by atoms with Crippen LogP contribution in [0, 0.1) is 11.8 Å². The first-order valence-electron chi connectivity index (χ1n) is 13.0. The number of nitrogens with one attached hydrogen (secondary N) is 1. The van der Waals surface area contributed by atoms with Gasteiger partial charge in [-0.25, -0.2) is 0 Å². The molecule has 4 heteroatoms. The van der Waals surface area contributed by atoms with E-state index in [1.807, 2.05) is 0 Å². The first-order chi connectivity index (χ1) is 15.2. The second-order valence-corrected chi connectivity index (χ2v) is 10.6. The van der Waals surface area contributed by atoms with Crippen LogP contribution in [0.1, 0.15) is 87.7 Å². The number of ether oxygens (including phenoxy) is 1. The minimum absolute atomic E-state index is 0.312. The average Bonchev–Trinajstić information content (AvgIpc) is 3.25. The highest BCUT2D eigenvalue weighted by Gasteiger charge is 2.28. The maximum absolute atomic E-state index is 12.2. The highest BCUT2D eigenvalue weighted by molar-refractivity contribution is 5.76. The largest absolute Gasteiger partial charge is 0.493 e. The predicted molar refractivity (Wildman–Crippen MR) is 125 cm³/mol. The van der Waals surface area contributed by atoms with Gasteiger partial charge in [0.1, 0.15) is 5.75 Å². The molecular weight excluding hydrogens is 384 g/mol. The molecule has 2 aliphatic carbocycles. The molecule has 0 atom stereocenters. The van der Waals surface area contributed by atoms with Crippen molar-refractivity contribution in [3.05, 3.63) is 29.3 Å². The van der Waals surface area contributed by atoms with Crippen molar-refractivity contribution in [2.24, 2.45) is 11.8 Å². The Morgan fingerprint density at radius 2 is 1.81 bits per heavy atom. The second kappa shape index (κ2) is 9.94. The van der Waals surface area contributed by atoms with Gasteiger partial charge in [-0.15, -0.1) is 0 Å². The van der Waals surface area contributed by atoms with E-state index < -0.39 is 0 Å². The Bertz CT molecular complexity index is 744. The Labute approximate surface area is 188 Å². The molecule has 1 N–H and O–H groups in total. The summed E-state index contributed by atoms with van der Waals surface area (Å²) in [5.74, 6) is 3.69. The summed E-state index contributed by atoms with van der Waals surface area (Å²) in [7, 11) is 0. The van der Waals surface area contributed by atoms with Crippen molar-refractivity contribution in [1.82, 2.24) is 10.2 Å². The number of hydrogen-bond acceptors (Lipinski definition) is 3. The standard InChI is InChI=1S/C27H40N2O2/c30-27(19-21-3-1-4-21)28-23-9-7-20(8-10-23)11-15-29-16-12-22(13-17-29)24-5-2-6-26-25(24)14-18-31-26/h2,5-6,20-23H,1,3-4,7-19H2,(H,28,30). The lowest BCUT2D eigenvalue weighted by Crippen LogP contribution is -2.39. The summed E-state index contributed by atoms with van der Waals surface area (Å²) in [5, 5.41) is 3.32. The summed E-state index contributed by atoms with van der Waals surface area (Å²) in [6, 6.07) is 7.10. The van der Waals surface area contributed by atoms with Crippen molar-refractivity contribution in [3.63, 3.8) is 0 Å². The van der Waals surface area contributed by atoms with Crippen molar-refractivity contribution >= 4 is 5.91 Å². The van der Waals surface area contributed by atoms with Crippen molar-refractivity contribution in [1.29, 1.82) is 0 Å². The zero-order chi connectivity index (χ0) is 21.0. The van der Waals surface area contributed by atoms with Crippen LogP contribution in [0.25, 0.3) is 0 Å². The molecule has 0 bridgehead atoms. The summed E-state index contributed by atoms with van der Waals surface area (Å²) >= 11 is 0. The van der Waals surface area contributed by atoms with Crippen LogP contribution < -0.4 is 10.1 Å². The minimum Gasteiger partial charge on any atom is -0.493 e. The fourth-order valence-electron chi connectivity index (χ4n) is 6.30. The number of likely N-dealkylation sites (tertiary alicyclic amines) is 1. The van der Waals surface area contributed by atoms with Crippen molar-refractivity contribution in [3.8, 4) is 5.75 Å². The van der Waals surface area contributed by atoms with Gasteiger partial charge in [0.25, 0.3) is 0 Å². The Morgan fingerprint density at radius 3 is 2.55 bits per heavy atom. The molecule has 2 heterocycles. The first kappa shape index (κ1) is 21.3. The number of fused-ring (bicyclic) bond motifs is 1. The van der Waals surface area contributed by atoms with Gasteiger partial charge in [0, 0.05) is 24.4 Å². The molecule has 170 valence electrons. The summed E-state index contributed by atoms with van der Waals surface area (Å²) in [5.41, 5.74) is 3.05. The lowest BCUT2D eigenvalue weighted by atomic mass is 9.81. The second-order valence-electron chi connectivity index (χ2n) is 10.6. The maximum Gasteiger partial charge on any atom is 0.220 e. The molecule has 2 saturated carbocycles. The lowest BCUT2D eigenvalue weighted by molar-refractivity contribution is -0.123. The van der Waals surface area contributed by atoms with Crippen LogP contribution in [0.15, 0.2) is 18.2 Å². The van der Waals surface area contributed by atoms with Crippen LogP contribution in [0.5, 0.6) is 5.75 Å². The maximum atomic E-state index is 12.2. The molecule has 5 rings (SSSR count). The van der Waals surface area contributed by atoms with Crippen molar-refractivity contribution < 1.29 is 9.53 Å². The third-order valence-corrected chi connectivity index (χ3v) is 8.57. The van der Waals surface area contributed by atoms with E-state index >= 15 is 0 Å². The normalized spacial score (nSPS) is 27.4. The van der Waals surface area contributed by atoms with Crippen LogP contribution in [-0.2, 0) is 11.2 Å². The topological polar surface area (TPSA) is 41.6 Å². The van der Waals surface area contributed by atoms with Gasteiger partial charge in [-0.2, -0.15) is 0 Å². The molecule has 2 aliphatic heterocycles. The highest BCUT2D eigenvalue weighted by Crippen LogP contribution is 2.37. The van der Waals surface area contributed by atoms with E-state index in [1.165, 1.54) is 89.4 Å². The number of carbonyl (C=O) groups is 1. The van der Waals surface area contributed by atoms with Gasteiger partial charge in [-0.05, 0) is 107 Å². The van der Waals surface area contributed by atoms with Crippen LogP contribution in [0.3, 0.4) is 0 Å². The summed E-state index contributed by atoms with van der Waals surface area (Å²) < 4.78 is 5.78. The van der Waals surface area contributed by atoms with E-state index in [-0.39, 0.29) is 0 Å². The SMILES string of the molecule is O=C(CC1CCC1)NC1CCC(CCN2CCC(c3cccc4c3CCO4)CC2)CC1. The zero-order valence-electron chi connectivity index (χ0n) is 19.1. The number of rotatable bonds is 7. The van der Waals surface area contributed by atoms with Gasteiger partial charge in [0.05, 0.1) is 6.61 Å². The van der Waals surface area contributed by atoms with E-state index in [2.05, 4.69) is 28.4 Å². The number of amides is 1. The Hall–Kier alpha value is -1.55. The molecule has 1 saturated heterocycles. The van der Waals surface area contributed by atoms with E-state index in [9.17, 15) is 4.79 Å². The van der Waals surface area contributed by atoms with E-state index in [0.29, 0.717) is 23.8 Å². The Kier molecular flexibility index (Phi) is 6.83. The fraction of sp³-hybridized carbons (Fsp3) is 0.741. The molecular formula is C27H40N2O2. The van der Waals surface area contributed by atoms with Gasteiger partial charge in [-0.3, -0.25) is 4.79 Å². The van der Waals surface area contributed by atoms with Gasteiger partial charge in [0.2, 0.25) is 5.91 Å². The fourth-order valence-corrected chi connectivity index (χ4v) is 6.30. The molecule has 3 fully saturated rings. The van der Waals surface area contributed by atoms with E-state index in [0.717, 1.165) is 31.1 Å². The van der Waals surface area contributed by atoms with Gasteiger partial charge in [0.15, 0.2) is 0 Å². The molecule has 0 spiro atoms. The lowest BCUT2D eigenvalue weighted by Gasteiger charge is -2.35. The van der Waals surface area contributed by atoms with Crippen LogP contribution in [-0.4, -0.2) is 43.1 Å². The van der Waals surface area contributed by atoms with Gasteiger partial charge in [-0.1, -0.05) is 18.6 Å². The van der Waals surface area contributed by atoms with Crippen molar-refractivity contribution in [2.75, 3.05) is 26.2 Å². The van der Waals surface area contributed by atoms with E-state index in [1.54, 1.807) is 5.56 Å². The third kappa shape index (κ3) is 5.27. The quantitative estimate of drug-likeness (QED) is 0.665. The molecule has 0 unspecified atom stereocenters. The Balaban J connectivity index is 0.995. The molecule has 0 aromatic heterocycles. The minimum atomic E-state index is 0.312. The van der Waals surface area contributed by atoms with Crippen LogP contribution in [0.4, 0.5) is 0 Å². The molecule has 4 nitrogen and oxygen atoms in total. The molecule has 31 heavy (non-hydrogen) atoms. The van der Waals surface area contributed by atoms with Crippen molar-refractivity contribution in [2.45, 2.75) is 89.0 Å². The third-order valence-electron chi connectivity index (χ3n) is 8.57. The number of piperidine rings is 1. The highest BCUT2D eigenvalue weighted by atomic mass is 16.5.